The van der Waals surface area contributed by atoms with E-state index in [1.807, 2.05) is 6.07 Å². The van der Waals surface area contributed by atoms with Gasteiger partial charge in [-0.1, -0.05) is 30.3 Å². The van der Waals surface area contributed by atoms with Crippen LogP contribution in [0, 0.1) is 0 Å². The van der Waals surface area contributed by atoms with Crippen LogP contribution >= 0.6 is 0 Å². The molecule has 1 unspecified atom stereocenters. The molecule has 1 aromatic carbocycles. The maximum atomic E-state index is 11.4. The van der Waals surface area contributed by atoms with Gasteiger partial charge in [0.1, 0.15) is 0 Å². The van der Waals surface area contributed by atoms with Crippen LogP contribution in [0.1, 0.15) is 24.8 Å². The van der Waals surface area contributed by atoms with E-state index in [1.165, 1.54) is 0 Å². The Bertz CT molecular complexity index is 416. The highest BCUT2D eigenvalue weighted by molar-refractivity contribution is 5.89. The van der Waals surface area contributed by atoms with Crippen molar-refractivity contribution in [1.29, 1.82) is 0 Å². The Morgan fingerprint density at radius 2 is 2.00 bits per heavy atom. The number of aliphatic carboxylic acids is 1. The zero-order chi connectivity index (χ0) is 11.6. The molecule has 1 aliphatic rings. The fraction of sp³-hybridized carbons (Fsp3) is 0.333. The number of rotatable bonds is 2. The molecule has 0 saturated carbocycles. The van der Waals surface area contributed by atoms with E-state index in [9.17, 15) is 14.7 Å². The number of piperidine rings is 1. The van der Waals surface area contributed by atoms with Crippen molar-refractivity contribution in [2.75, 3.05) is 0 Å². The van der Waals surface area contributed by atoms with Gasteiger partial charge in [0.15, 0.2) is 5.54 Å². The van der Waals surface area contributed by atoms with Crippen LogP contribution in [0.25, 0.3) is 0 Å². The average Bonchev–Trinajstić information content (AvgIpc) is 2.30. The minimum Gasteiger partial charge on any atom is -0.479 e. The Morgan fingerprint density at radius 3 is 2.56 bits per heavy atom. The number of nitrogens with one attached hydrogen (secondary N) is 1. The lowest BCUT2D eigenvalue weighted by Crippen LogP contribution is -2.54. The van der Waals surface area contributed by atoms with Gasteiger partial charge in [0.2, 0.25) is 5.91 Å². The van der Waals surface area contributed by atoms with E-state index in [2.05, 4.69) is 5.32 Å². The first-order valence-electron chi connectivity index (χ1n) is 5.25. The summed E-state index contributed by atoms with van der Waals surface area (Å²) in [6, 6.07) is 8.85. The summed E-state index contributed by atoms with van der Waals surface area (Å²) >= 11 is 0. The highest BCUT2D eigenvalue weighted by Gasteiger charge is 2.43. The Balaban J connectivity index is 2.43. The lowest BCUT2D eigenvalue weighted by Gasteiger charge is -2.34. The third-order valence-electron chi connectivity index (χ3n) is 2.94. The van der Waals surface area contributed by atoms with Crippen molar-refractivity contribution in [2.24, 2.45) is 0 Å². The summed E-state index contributed by atoms with van der Waals surface area (Å²) in [6.07, 6.45) is 1.45. The van der Waals surface area contributed by atoms with E-state index in [4.69, 9.17) is 0 Å². The maximum Gasteiger partial charge on any atom is 0.334 e. The SMILES string of the molecule is O=C1CCCC(C(=O)O)(c2ccccc2)N1. The molecule has 1 fully saturated rings. The zero-order valence-electron chi connectivity index (χ0n) is 8.77. The van der Waals surface area contributed by atoms with Gasteiger partial charge >= 0.3 is 5.97 Å². The topological polar surface area (TPSA) is 66.4 Å². The van der Waals surface area contributed by atoms with Crippen LogP contribution in [-0.2, 0) is 15.1 Å². The monoisotopic (exact) mass is 219 g/mol. The first kappa shape index (κ1) is 10.7. The maximum absolute atomic E-state index is 11.4. The molecule has 0 aromatic heterocycles. The molecule has 1 saturated heterocycles. The van der Waals surface area contributed by atoms with Crippen LogP contribution in [0.15, 0.2) is 30.3 Å². The van der Waals surface area contributed by atoms with E-state index in [1.54, 1.807) is 24.3 Å². The van der Waals surface area contributed by atoms with Crippen LogP contribution in [0.3, 0.4) is 0 Å². The normalized spacial score (nSPS) is 24.9. The number of benzene rings is 1. The third kappa shape index (κ3) is 1.66. The fourth-order valence-corrected chi connectivity index (χ4v) is 2.10. The number of hydrogen-bond donors (Lipinski definition) is 2. The number of carbonyl (C=O) groups excluding carboxylic acids is 1. The molecule has 1 heterocycles. The smallest absolute Gasteiger partial charge is 0.334 e. The Kier molecular flexibility index (Phi) is 2.64. The predicted molar refractivity (Wildman–Crippen MR) is 57.7 cm³/mol. The number of carboxylic acid groups (broad SMARTS) is 1. The summed E-state index contributed by atoms with van der Waals surface area (Å²) in [5.41, 5.74) is -0.605. The van der Waals surface area contributed by atoms with Crippen LogP contribution < -0.4 is 5.32 Å². The van der Waals surface area contributed by atoms with Gasteiger partial charge in [-0.05, 0) is 18.4 Å². The second-order valence-electron chi connectivity index (χ2n) is 3.98. The van der Waals surface area contributed by atoms with E-state index < -0.39 is 11.5 Å². The van der Waals surface area contributed by atoms with E-state index >= 15 is 0 Å². The second kappa shape index (κ2) is 3.96. The van der Waals surface area contributed by atoms with Gasteiger partial charge in [0.25, 0.3) is 0 Å². The molecule has 4 nitrogen and oxygen atoms in total. The number of hydrogen-bond acceptors (Lipinski definition) is 2. The van der Waals surface area contributed by atoms with Gasteiger partial charge in [-0.2, -0.15) is 0 Å². The van der Waals surface area contributed by atoms with Gasteiger partial charge in [-0.25, -0.2) is 4.79 Å². The molecular formula is C12H13NO3. The van der Waals surface area contributed by atoms with Crippen molar-refractivity contribution in [3.63, 3.8) is 0 Å². The summed E-state index contributed by atoms with van der Waals surface area (Å²) in [6.45, 7) is 0. The van der Waals surface area contributed by atoms with Crippen LogP contribution in [0.2, 0.25) is 0 Å². The van der Waals surface area contributed by atoms with Crippen LogP contribution in [-0.4, -0.2) is 17.0 Å². The quantitative estimate of drug-likeness (QED) is 0.787. The summed E-state index contributed by atoms with van der Waals surface area (Å²) < 4.78 is 0. The molecular weight excluding hydrogens is 206 g/mol. The van der Waals surface area contributed by atoms with Crippen molar-refractivity contribution >= 4 is 11.9 Å². The predicted octanol–water partition coefficient (Wildman–Crippen LogP) is 1.27. The van der Waals surface area contributed by atoms with E-state index in [0.29, 0.717) is 24.8 Å². The molecule has 0 aliphatic carbocycles. The van der Waals surface area contributed by atoms with Crippen LogP contribution in [0.5, 0.6) is 0 Å². The largest absolute Gasteiger partial charge is 0.479 e. The molecule has 0 radical (unpaired) electrons. The highest BCUT2D eigenvalue weighted by Crippen LogP contribution is 2.30. The summed E-state index contributed by atoms with van der Waals surface area (Å²) in [5.74, 6) is -1.19. The number of carbonyl (C=O) groups is 2. The Hall–Kier alpha value is -1.84. The molecule has 2 rings (SSSR count). The molecule has 0 spiro atoms. The summed E-state index contributed by atoms with van der Waals surface area (Å²) in [4.78, 5) is 22.8. The van der Waals surface area contributed by atoms with Crippen molar-refractivity contribution in [3.8, 4) is 0 Å². The molecule has 84 valence electrons. The van der Waals surface area contributed by atoms with Crippen molar-refractivity contribution in [2.45, 2.75) is 24.8 Å². The lowest BCUT2D eigenvalue weighted by molar-refractivity contribution is -0.150. The molecule has 1 amide bonds. The van der Waals surface area contributed by atoms with Gasteiger partial charge in [0.05, 0.1) is 0 Å². The van der Waals surface area contributed by atoms with Gasteiger partial charge in [-0.15, -0.1) is 0 Å². The van der Waals surface area contributed by atoms with E-state index in [-0.39, 0.29) is 5.91 Å². The highest BCUT2D eigenvalue weighted by atomic mass is 16.4. The standard InChI is InChI=1S/C12H13NO3/c14-10-7-4-8-12(13-10,11(15)16)9-5-2-1-3-6-9/h1-3,5-6H,4,7-8H2,(H,13,14)(H,15,16). The van der Waals surface area contributed by atoms with Crippen molar-refractivity contribution < 1.29 is 14.7 Å². The molecule has 4 heteroatoms. The minimum absolute atomic E-state index is 0.197. The Labute approximate surface area is 93.3 Å². The molecule has 1 atom stereocenters. The van der Waals surface area contributed by atoms with Crippen LogP contribution in [0.4, 0.5) is 0 Å². The molecule has 1 aliphatic heterocycles. The van der Waals surface area contributed by atoms with Gasteiger partial charge < -0.3 is 10.4 Å². The number of amides is 1. The first-order chi connectivity index (χ1) is 7.65. The zero-order valence-corrected chi connectivity index (χ0v) is 8.77. The van der Waals surface area contributed by atoms with E-state index in [0.717, 1.165) is 0 Å². The average molecular weight is 219 g/mol. The molecule has 16 heavy (non-hydrogen) atoms. The summed E-state index contributed by atoms with van der Waals surface area (Å²) in [5, 5.41) is 12.0. The van der Waals surface area contributed by atoms with Gasteiger partial charge in [0, 0.05) is 6.42 Å². The fourth-order valence-electron chi connectivity index (χ4n) is 2.10. The summed E-state index contributed by atoms with van der Waals surface area (Å²) in [7, 11) is 0. The van der Waals surface area contributed by atoms with Gasteiger partial charge in [-0.3, -0.25) is 4.79 Å². The lowest BCUT2D eigenvalue weighted by atomic mass is 9.82. The molecule has 2 N–H and O–H groups in total. The second-order valence-corrected chi connectivity index (χ2v) is 3.98. The Morgan fingerprint density at radius 1 is 1.31 bits per heavy atom. The molecule has 1 aromatic rings. The van der Waals surface area contributed by atoms with Crippen molar-refractivity contribution in [3.05, 3.63) is 35.9 Å². The molecule has 0 bridgehead atoms. The minimum atomic E-state index is -1.24. The number of carboxylic acids is 1. The van der Waals surface area contributed by atoms with Crippen molar-refractivity contribution in [1.82, 2.24) is 5.32 Å². The first-order valence-corrected chi connectivity index (χ1v) is 5.25. The third-order valence-corrected chi connectivity index (χ3v) is 2.94.